The Morgan fingerprint density at radius 1 is 1.19 bits per heavy atom. The third-order valence-corrected chi connectivity index (χ3v) is 3.98. The van der Waals surface area contributed by atoms with E-state index in [4.69, 9.17) is 0 Å². The Bertz CT molecular complexity index is 378. The number of hydrogen-bond acceptors (Lipinski definition) is 2. The van der Waals surface area contributed by atoms with Crippen LogP contribution in [0.25, 0.3) is 0 Å². The smallest absolute Gasteiger partial charge is 0.208 e. The molecule has 2 rings (SSSR count). The Labute approximate surface area is 96.5 Å². The van der Waals surface area contributed by atoms with Crippen LogP contribution in [0.4, 0.5) is 13.2 Å². The number of pyridine rings is 1. The van der Waals surface area contributed by atoms with Crippen molar-refractivity contribution in [3.63, 3.8) is 0 Å². The lowest BCUT2D eigenvalue weighted by Crippen LogP contribution is -2.00. The number of nitrogens with zero attached hydrogens (tertiary/aromatic N) is 1. The number of rotatable bonds is 3. The molecular weight excluding hydrogens is 235 g/mol. The normalized spacial score (nSPS) is 16.9. The first-order valence-electron chi connectivity index (χ1n) is 5.31. The lowest BCUT2D eigenvalue weighted by atomic mass is 10.1. The molecule has 0 aromatic carbocycles. The third-order valence-electron chi connectivity index (χ3n) is 2.79. The van der Waals surface area contributed by atoms with E-state index in [0.717, 1.165) is 18.6 Å². The van der Waals surface area contributed by atoms with E-state index < -0.39 is 17.6 Å². The van der Waals surface area contributed by atoms with Gasteiger partial charge >= 0.3 is 0 Å². The van der Waals surface area contributed by atoms with E-state index in [2.05, 4.69) is 4.98 Å². The molecule has 1 saturated carbocycles. The predicted molar refractivity (Wildman–Crippen MR) is 56.8 cm³/mol. The minimum Gasteiger partial charge on any atom is -0.208 e. The van der Waals surface area contributed by atoms with Crippen LogP contribution in [-0.4, -0.2) is 10.7 Å². The zero-order chi connectivity index (χ0) is 11.5. The highest BCUT2D eigenvalue weighted by atomic mass is 32.2. The van der Waals surface area contributed by atoms with Gasteiger partial charge in [-0.2, -0.15) is 4.39 Å². The maximum atomic E-state index is 13.2. The van der Waals surface area contributed by atoms with Gasteiger partial charge in [0.05, 0.1) is 0 Å². The summed E-state index contributed by atoms with van der Waals surface area (Å²) in [5.41, 5.74) is 0. The largest absolute Gasteiger partial charge is 0.250 e. The molecule has 1 fully saturated rings. The summed E-state index contributed by atoms with van der Waals surface area (Å²) in [6.45, 7) is 0. The average molecular weight is 247 g/mol. The molecule has 0 spiro atoms. The molecule has 88 valence electrons. The third kappa shape index (κ3) is 2.70. The molecule has 1 aromatic heterocycles. The fraction of sp³-hybridized carbons (Fsp3) is 0.545. The maximum absolute atomic E-state index is 13.2. The molecule has 1 aromatic rings. The molecule has 5 heteroatoms. The van der Waals surface area contributed by atoms with Gasteiger partial charge in [0.2, 0.25) is 5.95 Å². The lowest BCUT2D eigenvalue weighted by Gasteiger charge is -2.08. The second-order valence-corrected chi connectivity index (χ2v) is 5.02. The maximum Gasteiger partial charge on any atom is 0.250 e. The van der Waals surface area contributed by atoms with Crippen molar-refractivity contribution in [2.45, 2.75) is 30.7 Å². The van der Waals surface area contributed by atoms with Crippen LogP contribution in [0.2, 0.25) is 0 Å². The van der Waals surface area contributed by atoms with Crippen LogP contribution in [0, 0.1) is 23.5 Å². The van der Waals surface area contributed by atoms with Crippen molar-refractivity contribution in [1.29, 1.82) is 0 Å². The second-order valence-electron chi connectivity index (χ2n) is 4.01. The summed E-state index contributed by atoms with van der Waals surface area (Å²) in [4.78, 5) is 3.28. The zero-order valence-electron chi connectivity index (χ0n) is 8.68. The molecular formula is C11H12F3NS. The standard InChI is InChI=1S/C11H12F3NS/c12-8-5-9(13)11(15-10(8)14)16-6-7-3-1-2-4-7/h5,7H,1-4,6H2. The first-order valence-corrected chi connectivity index (χ1v) is 6.29. The lowest BCUT2D eigenvalue weighted by molar-refractivity contribution is 0.447. The number of halogens is 3. The zero-order valence-corrected chi connectivity index (χ0v) is 9.50. The number of hydrogen-bond donors (Lipinski definition) is 0. The molecule has 0 amide bonds. The van der Waals surface area contributed by atoms with Crippen molar-refractivity contribution in [2.24, 2.45) is 5.92 Å². The fourth-order valence-corrected chi connectivity index (χ4v) is 2.97. The topological polar surface area (TPSA) is 12.9 Å². The molecule has 0 N–H and O–H groups in total. The van der Waals surface area contributed by atoms with E-state index in [1.165, 1.54) is 24.6 Å². The van der Waals surface area contributed by atoms with Crippen molar-refractivity contribution in [1.82, 2.24) is 4.98 Å². The van der Waals surface area contributed by atoms with Gasteiger partial charge in [-0.05, 0) is 18.8 Å². The van der Waals surface area contributed by atoms with Gasteiger partial charge < -0.3 is 0 Å². The predicted octanol–water partition coefficient (Wildman–Crippen LogP) is 3.78. The summed E-state index contributed by atoms with van der Waals surface area (Å²) in [7, 11) is 0. The van der Waals surface area contributed by atoms with Gasteiger partial charge in [-0.1, -0.05) is 12.8 Å². The van der Waals surface area contributed by atoms with Crippen molar-refractivity contribution >= 4 is 11.8 Å². The monoisotopic (exact) mass is 247 g/mol. The molecule has 0 aliphatic heterocycles. The Balaban J connectivity index is 2.00. The van der Waals surface area contributed by atoms with Crippen LogP contribution < -0.4 is 0 Å². The molecule has 1 nitrogen and oxygen atoms in total. The first kappa shape index (κ1) is 11.8. The Morgan fingerprint density at radius 3 is 2.56 bits per heavy atom. The van der Waals surface area contributed by atoms with Crippen molar-refractivity contribution in [2.75, 3.05) is 5.75 Å². The molecule has 1 aliphatic rings. The van der Waals surface area contributed by atoms with Gasteiger partial charge in [0.25, 0.3) is 0 Å². The van der Waals surface area contributed by atoms with Crippen molar-refractivity contribution in [3.05, 3.63) is 23.6 Å². The van der Waals surface area contributed by atoms with Gasteiger partial charge in [0.1, 0.15) is 5.03 Å². The fourth-order valence-electron chi connectivity index (χ4n) is 1.90. The minimum absolute atomic E-state index is 0.0363. The van der Waals surface area contributed by atoms with E-state index in [-0.39, 0.29) is 5.03 Å². The number of thioether (sulfide) groups is 1. The van der Waals surface area contributed by atoms with Crippen LogP contribution in [0.1, 0.15) is 25.7 Å². The van der Waals surface area contributed by atoms with Crippen LogP contribution in [0.15, 0.2) is 11.1 Å². The summed E-state index contributed by atoms with van der Waals surface area (Å²) in [6.07, 6.45) is 4.69. The molecule has 0 bridgehead atoms. The summed E-state index contributed by atoms with van der Waals surface area (Å²) in [5.74, 6) is -1.95. The molecule has 0 unspecified atom stereocenters. The molecule has 0 atom stereocenters. The van der Waals surface area contributed by atoms with Gasteiger partial charge in [0.15, 0.2) is 11.6 Å². The van der Waals surface area contributed by atoms with E-state index in [0.29, 0.717) is 12.0 Å². The van der Waals surface area contributed by atoms with Gasteiger partial charge in [0, 0.05) is 11.8 Å². The second kappa shape index (κ2) is 5.08. The van der Waals surface area contributed by atoms with Gasteiger partial charge in [-0.15, -0.1) is 11.8 Å². The van der Waals surface area contributed by atoms with Crippen molar-refractivity contribution in [3.8, 4) is 0 Å². The highest BCUT2D eigenvalue weighted by molar-refractivity contribution is 7.99. The Kier molecular flexibility index (Phi) is 3.74. The SMILES string of the molecule is Fc1cc(F)c(SCC2CCCC2)nc1F. The van der Waals surface area contributed by atoms with Gasteiger partial charge in [-0.25, -0.2) is 13.8 Å². The first-order chi connectivity index (χ1) is 7.66. The van der Waals surface area contributed by atoms with Crippen LogP contribution in [-0.2, 0) is 0 Å². The molecule has 0 radical (unpaired) electrons. The average Bonchev–Trinajstić information content (AvgIpc) is 2.74. The molecule has 16 heavy (non-hydrogen) atoms. The summed E-state index contributed by atoms with van der Waals surface area (Å²) < 4.78 is 38.6. The molecule has 0 saturated heterocycles. The Morgan fingerprint density at radius 2 is 1.88 bits per heavy atom. The summed E-state index contributed by atoms with van der Waals surface area (Å²) in [5, 5.41) is -0.0363. The molecule has 1 heterocycles. The quantitative estimate of drug-likeness (QED) is 0.595. The van der Waals surface area contributed by atoms with E-state index in [1.807, 2.05) is 0 Å². The van der Waals surface area contributed by atoms with Crippen LogP contribution >= 0.6 is 11.8 Å². The van der Waals surface area contributed by atoms with Crippen LogP contribution in [0.5, 0.6) is 0 Å². The summed E-state index contributed by atoms with van der Waals surface area (Å²) >= 11 is 1.17. The van der Waals surface area contributed by atoms with E-state index in [9.17, 15) is 13.2 Å². The minimum atomic E-state index is -1.23. The van der Waals surface area contributed by atoms with E-state index in [1.54, 1.807) is 0 Å². The summed E-state index contributed by atoms with van der Waals surface area (Å²) in [6, 6.07) is 0.555. The van der Waals surface area contributed by atoms with Crippen LogP contribution in [0.3, 0.4) is 0 Å². The molecule has 1 aliphatic carbocycles. The van der Waals surface area contributed by atoms with Crippen molar-refractivity contribution < 1.29 is 13.2 Å². The highest BCUT2D eigenvalue weighted by Crippen LogP contribution is 2.31. The van der Waals surface area contributed by atoms with E-state index >= 15 is 0 Å². The number of aromatic nitrogens is 1. The Hall–Kier alpha value is -0.710. The van der Waals surface area contributed by atoms with Gasteiger partial charge in [-0.3, -0.25) is 0 Å². The highest BCUT2D eigenvalue weighted by Gasteiger charge is 2.18.